The molecule has 0 fully saturated rings. The Balaban J connectivity index is 1.86. The number of methoxy groups -OCH3 is 1. The highest BCUT2D eigenvalue weighted by Crippen LogP contribution is 2.35. The van der Waals surface area contributed by atoms with Crippen molar-refractivity contribution in [2.45, 2.75) is 51.6 Å². The number of nitrogens with zero attached hydrogens (tertiary/aromatic N) is 1. The summed E-state index contributed by atoms with van der Waals surface area (Å²) >= 11 is 1.41. The summed E-state index contributed by atoms with van der Waals surface area (Å²) < 4.78 is 31.7. The molecule has 1 aromatic heterocycles. The van der Waals surface area contributed by atoms with E-state index in [0.717, 1.165) is 30.0 Å². The molecule has 1 unspecified atom stereocenters. The quantitative estimate of drug-likeness (QED) is 0.548. The molecule has 1 aromatic carbocycles. The smallest absolute Gasteiger partial charge is 0.341 e. The SMILES string of the molecule is CCN(CC)S(=O)(=O)c1ccc(C(=O)Nc2sc3c(c2C(=O)OC)CC[NH+](C(C)C)C3)cc1. The van der Waals surface area contributed by atoms with E-state index in [2.05, 4.69) is 19.2 Å². The van der Waals surface area contributed by atoms with Crippen LogP contribution in [0.5, 0.6) is 0 Å². The number of thiophene rings is 1. The highest BCUT2D eigenvalue weighted by molar-refractivity contribution is 7.89. The molecular weight excluding hydrogens is 462 g/mol. The highest BCUT2D eigenvalue weighted by Gasteiger charge is 2.32. The maximum atomic E-state index is 12.9. The van der Waals surface area contributed by atoms with Crippen LogP contribution < -0.4 is 10.2 Å². The number of fused-ring (bicyclic) bond motifs is 1. The minimum Gasteiger partial charge on any atom is -0.465 e. The average Bonchev–Trinajstić information content (AvgIpc) is 3.16. The Labute approximate surface area is 199 Å². The molecule has 0 aliphatic carbocycles. The number of carbonyl (C=O) groups excluding carboxylic acids is 2. The second kappa shape index (κ2) is 10.3. The largest absolute Gasteiger partial charge is 0.465 e. The monoisotopic (exact) mass is 494 g/mol. The van der Waals surface area contributed by atoms with E-state index >= 15 is 0 Å². The summed E-state index contributed by atoms with van der Waals surface area (Å²) in [5.74, 6) is -0.866. The maximum absolute atomic E-state index is 12.9. The Kier molecular flexibility index (Phi) is 7.94. The molecule has 0 saturated heterocycles. The molecular formula is C23H32N3O5S2+. The number of ether oxygens (including phenoxy) is 1. The minimum absolute atomic E-state index is 0.140. The minimum atomic E-state index is -3.60. The van der Waals surface area contributed by atoms with Gasteiger partial charge >= 0.3 is 5.97 Å². The van der Waals surface area contributed by atoms with E-state index in [1.54, 1.807) is 13.8 Å². The number of rotatable bonds is 8. The predicted octanol–water partition coefficient (Wildman–Crippen LogP) is 2.17. The summed E-state index contributed by atoms with van der Waals surface area (Å²) in [6, 6.07) is 6.31. The lowest BCUT2D eigenvalue weighted by Crippen LogP contribution is -3.14. The first-order chi connectivity index (χ1) is 15.6. The first-order valence-corrected chi connectivity index (χ1v) is 13.4. The van der Waals surface area contributed by atoms with Gasteiger partial charge < -0.3 is 15.0 Å². The first-order valence-electron chi connectivity index (χ1n) is 11.1. The molecule has 1 aliphatic rings. The lowest BCUT2D eigenvalue weighted by Gasteiger charge is -2.27. The van der Waals surface area contributed by atoms with Crippen molar-refractivity contribution in [1.82, 2.24) is 4.31 Å². The predicted molar refractivity (Wildman–Crippen MR) is 129 cm³/mol. The molecule has 33 heavy (non-hydrogen) atoms. The van der Waals surface area contributed by atoms with Crippen LogP contribution in [0.1, 0.15) is 58.9 Å². The van der Waals surface area contributed by atoms with Gasteiger partial charge in [0.1, 0.15) is 11.5 Å². The van der Waals surface area contributed by atoms with Crippen molar-refractivity contribution >= 4 is 38.2 Å². The number of amides is 1. The van der Waals surface area contributed by atoms with Gasteiger partial charge in [0.15, 0.2) is 0 Å². The van der Waals surface area contributed by atoms with Crippen molar-refractivity contribution in [3.8, 4) is 0 Å². The van der Waals surface area contributed by atoms with Gasteiger partial charge in [0, 0.05) is 25.1 Å². The summed E-state index contributed by atoms with van der Waals surface area (Å²) in [5.41, 5.74) is 1.69. The molecule has 1 aliphatic heterocycles. The van der Waals surface area contributed by atoms with E-state index < -0.39 is 21.9 Å². The number of sulfonamides is 1. The van der Waals surface area contributed by atoms with Crippen LogP contribution in [0.3, 0.4) is 0 Å². The second-order valence-corrected chi connectivity index (χ2v) is 11.3. The van der Waals surface area contributed by atoms with Crippen LogP contribution in [-0.4, -0.2) is 57.4 Å². The number of hydrogen-bond acceptors (Lipinski definition) is 6. The molecule has 0 bridgehead atoms. The van der Waals surface area contributed by atoms with Gasteiger partial charge in [0.2, 0.25) is 10.0 Å². The molecule has 2 heterocycles. The number of nitrogens with one attached hydrogen (secondary N) is 2. The number of hydrogen-bond donors (Lipinski definition) is 2. The van der Waals surface area contributed by atoms with E-state index in [-0.39, 0.29) is 4.90 Å². The number of anilines is 1. The lowest BCUT2D eigenvalue weighted by molar-refractivity contribution is -0.936. The van der Waals surface area contributed by atoms with E-state index in [0.29, 0.717) is 35.3 Å². The van der Waals surface area contributed by atoms with Crippen molar-refractivity contribution in [1.29, 1.82) is 0 Å². The number of quaternary nitrogens is 1. The standard InChI is InChI=1S/C23H31N3O5S2/c1-6-26(7-2)33(29,30)17-10-8-16(9-11-17)21(27)24-22-20(23(28)31-5)18-12-13-25(15(3)4)14-19(18)32-22/h8-11,15H,6-7,12-14H2,1-5H3,(H,24,27)/p+1. The Morgan fingerprint density at radius 2 is 1.82 bits per heavy atom. The average molecular weight is 495 g/mol. The lowest BCUT2D eigenvalue weighted by atomic mass is 10.0. The molecule has 1 atom stereocenters. The fourth-order valence-corrected chi connectivity index (χ4v) is 6.81. The normalized spacial score (nSPS) is 16.0. The third-order valence-corrected chi connectivity index (χ3v) is 9.28. The van der Waals surface area contributed by atoms with Crippen LogP contribution in [0.4, 0.5) is 5.00 Å². The third kappa shape index (κ3) is 5.13. The fraction of sp³-hybridized carbons (Fsp3) is 0.478. The Morgan fingerprint density at radius 3 is 2.36 bits per heavy atom. The maximum Gasteiger partial charge on any atom is 0.341 e. The fourth-order valence-electron chi connectivity index (χ4n) is 4.06. The molecule has 2 N–H and O–H groups in total. The van der Waals surface area contributed by atoms with Gasteiger partial charge in [-0.2, -0.15) is 4.31 Å². The van der Waals surface area contributed by atoms with Crippen molar-refractivity contribution in [3.63, 3.8) is 0 Å². The second-order valence-electron chi connectivity index (χ2n) is 8.26. The van der Waals surface area contributed by atoms with E-state index in [4.69, 9.17) is 4.74 Å². The summed E-state index contributed by atoms with van der Waals surface area (Å²) in [7, 11) is -2.26. The Hall–Kier alpha value is -2.27. The van der Waals surface area contributed by atoms with Crippen molar-refractivity contribution in [3.05, 3.63) is 45.8 Å². The van der Waals surface area contributed by atoms with Crippen molar-refractivity contribution in [2.75, 3.05) is 32.1 Å². The zero-order valence-corrected chi connectivity index (χ0v) is 21.4. The molecule has 8 nitrogen and oxygen atoms in total. The molecule has 0 saturated carbocycles. The van der Waals surface area contributed by atoms with E-state index in [9.17, 15) is 18.0 Å². The molecule has 10 heteroatoms. The molecule has 2 aromatic rings. The van der Waals surface area contributed by atoms with Crippen molar-refractivity contribution in [2.24, 2.45) is 0 Å². The van der Waals surface area contributed by atoms with Gasteiger partial charge in [-0.25, -0.2) is 13.2 Å². The number of benzene rings is 1. The van der Waals surface area contributed by atoms with Crippen LogP contribution in [0, 0.1) is 0 Å². The Morgan fingerprint density at radius 1 is 1.18 bits per heavy atom. The van der Waals surface area contributed by atoms with Gasteiger partial charge in [0.05, 0.1) is 35.0 Å². The third-order valence-electron chi connectivity index (χ3n) is 6.07. The highest BCUT2D eigenvalue weighted by atomic mass is 32.2. The zero-order chi connectivity index (χ0) is 24.3. The Bertz CT molecular complexity index is 1120. The number of carbonyl (C=O) groups is 2. The van der Waals surface area contributed by atoms with E-state index in [1.165, 1.54) is 51.9 Å². The molecule has 1 amide bonds. The van der Waals surface area contributed by atoms with Gasteiger partial charge in [0.25, 0.3) is 5.91 Å². The molecule has 0 radical (unpaired) electrons. The topological polar surface area (TPSA) is 97.2 Å². The number of esters is 1. The first kappa shape index (κ1) is 25.4. The van der Waals surface area contributed by atoms with Crippen LogP contribution in [0.15, 0.2) is 29.2 Å². The molecule has 0 spiro atoms. The van der Waals surface area contributed by atoms with E-state index in [1.807, 2.05) is 0 Å². The molecule has 180 valence electrons. The summed E-state index contributed by atoms with van der Waals surface area (Å²) in [6.07, 6.45) is 0.748. The van der Waals surface area contributed by atoms with Gasteiger partial charge in [-0.3, -0.25) is 4.79 Å². The molecule has 3 rings (SSSR count). The zero-order valence-electron chi connectivity index (χ0n) is 19.7. The van der Waals surface area contributed by atoms with Crippen molar-refractivity contribution < 1.29 is 27.6 Å². The summed E-state index contributed by atoms with van der Waals surface area (Å²) in [6.45, 7) is 10.4. The van der Waals surface area contributed by atoms with Crippen LogP contribution in [-0.2, 0) is 27.7 Å². The van der Waals surface area contributed by atoms with Gasteiger partial charge in [-0.1, -0.05) is 13.8 Å². The summed E-state index contributed by atoms with van der Waals surface area (Å²) in [5, 5.41) is 3.33. The van der Waals surface area contributed by atoms with Crippen LogP contribution >= 0.6 is 11.3 Å². The van der Waals surface area contributed by atoms with Gasteiger partial charge in [-0.15, -0.1) is 11.3 Å². The summed E-state index contributed by atoms with van der Waals surface area (Å²) in [4.78, 5) is 28.1. The van der Waals surface area contributed by atoms with Crippen LogP contribution in [0.2, 0.25) is 0 Å². The van der Waals surface area contributed by atoms with Crippen LogP contribution in [0.25, 0.3) is 0 Å². The van der Waals surface area contributed by atoms with Gasteiger partial charge in [-0.05, 0) is 43.7 Å².